The Bertz CT molecular complexity index is 752. The number of aryl methyl sites for hydroxylation is 2. The van der Waals surface area contributed by atoms with Gasteiger partial charge in [0.15, 0.2) is 0 Å². The van der Waals surface area contributed by atoms with Gasteiger partial charge in [-0.15, -0.1) is 0 Å². The minimum absolute atomic E-state index is 0.154. The monoisotopic (exact) mass is 372 g/mol. The van der Waals surface area contributed by atoms with Gasteiger partial charge in [0.1, 0.15) is 5.82 Å². The van der Waals surface area contributed by atoms with E-state index in [2.05, 4.69) is 16.7 Å². The van der Waals surface area contributed by atoms with Crippen LogP contribution in [0.3, 0.4) is 0 Å². The quantitative estimate of drug-likeness (QED) is 0.614. The van der Waals surface area contributed by atoms with Crippen LogP contribution in [-0.4, -0.2) is 44.3 Å². The van der Waals surface area contributed by atoms with Crippen LogP contribution in [0.15, 0.2) is 36.4 Å². The van der Waals surface area contributed by atoms with Crippen molar-refractivity contribution in [2.24, 2.45) is 0 Å². The Labute approximate surface area is 161 Å². The maximum absolute atomic E-state index is 15.3. The zero-order valence-electron chi connectivity index (χ0n) is 16.5. The minimum atomic E-state index is -0.342. The summed E-state index contributed by atoms with van der Waals surface area (Å²) in [4.78, 5) is 4.79. The first-order chi connectivity index (χ1) is 13.1. The maximum Gasteiger partial charge on any atom is 0.134 e. The molecule has 1 saturated heterocycles. The summed E-state index contributed by atoms with van der Waals surface area (Å²) in [5, 5.41) is 0. The second-order valence-electron chi connectivity index (χ2n) is 7.35. The fraction of sp³-hybridized carbons (Fsp3) is 0.478. The van der Waals surface area contributed by atoms with Gasteiger partial charge >= 0.3 is 0 Å². The molecule has 0 bridgehead atoms. The van der Waals surface area contributed by atoms with Crippen LogP contribution in [0.4, 0.5) is 14.5 Å². The number of anilines is 1. The predicted octanol–water partition coefficient (Wildman–Crippen LogP) is 5.24. The van der Waals surface area contributed by atoms with Crippen LogP contribution in [0.2, 0.25) is 0 Å². The number of piperazine rings is 1. The lowest BCUT2D eigenvalue weighted by Crippen LogP contribution is -2.46. The van der Waals surface area contributed by atoms with Crippen LogP contribution in [0.1, 0.15) is 30.9 Å². The lowest BCUT2D eigenvalue weighted by Gasteiger charge is -2.36. The van der Waals surface area contributed by atoms with E-state index in [4.69, 9.17) is 0 Å². The van der Waals surface area contributed by atoms with Gasteiger partial charge in [-0.25, -0.2) is 4.39 Å². The lowest BCUT2D eigenvalue weighted by atomic mass is 9.95. The molecule has 0 aromatic heterocycles. The number of rotatable bonds is 7. The second kappa shape index (κ2) is 9.32. The SMILES string of the molecule is CCN1CCN(c2cc(CCCCF)c(F)c(-c3ccccc3C)c2)CC1. The maximum atomic E-state index is 15.3. The number of likely N-dealkylation sites (N-methyl/N-ethyl adjacent to an activating group) is 1. The van der Waals surface area contributed by atoms with Crippen LogP contribution in [0, 0.1) is 12.7 Å². The number of unbranched alkanes of at least 4 members (excludes halogenated alkanes) is 1. The summed E-state index contributed by atoms with van der Waals surface area (Å²) < 4.78 is 27.8. The Morgan fingerprint density at radius 2 is 1.70 bits per heavy atom. The van der Waals surface area contributed by atoms with E-state index in [0.717, 1.165) is 49.5 Å². The first-order valence-electron chi connectivity index (χ1n) is 10.1. The molecular formula is C23H30F2N2. The third kappa shape index (κ3) is 4.67. The molecule has 0 amide bonds. The highest BCUT2D eigenvalue weighted by Crippen LogP contribution is 2.33. The predicted molar refractivity (Wildman–Crippen MR) is 110 cm³/mol. The molecule has 0 atom stereocenters. The summed E-state index contributed by atoms with van der Waals surface area (Å²) in [6.45, 7) is 8.91. The zero-order chi connectivity index (χ0) is 19.2. The molecule has 1 heterocycles. The van der Waals surface area contributed by atoms with Crippen molar-refractivity contribution < 1.29 is 8.78 Å². The van der Waals surface area contributed by atoms with Gasteiger partial charge in [0.2, 0.25) is 0 Å². The van der Waals surface area contributed by atoms with Crippen molar-refractivity contribution in [3.8, 4) is 11.1 Å². The lowest BCUT2D eigenvalue weighted by molar-refractivity contribution is 0.271. The Morgan fingerprint density at radius 1 is 0.963 bits per heavy atom. The number of halogens is 2. The normalized spacial score (nSPS) is 15.3. The zero-order valence-corrected chi connectivity index (χ0v) is 16.5. The standard InChI is InChI=1S/C23H30F2N2/c1-3-26-12-14-27(15-13-26)20-16-19(9-6-7-11-24)23(25)22(17-20)21-10-5-4-8-18(21)2/h4-5,8,10,16-17H,3,6-7,9,11-15H2,1-2H3. The molecule has 1 fully saturated rings. The molecule has 0 radical (unpaired) electrons. The summed E-state index contributed by atoms with van der Waals surface area (Å²) >= 11 is 0. The molecule has 1 aliphatic rings. The molecule has 0 aliphatic carbocycles. The molecule has 146 valence electrons. The molecule has 1 aliphatic heterocycles. The third-order valence-corrected chi connectivity index (χ3v) is 5.58. The number of alkyl halides is 1. The fourth-order valence-electron chi connectivity index (χ4n) is 3.84. The highest BCUT2D eigenvalue weighted by Gasteiger charge is 2.20. The second-order valence-corrected chi connectivity index (χ2v) is 7.35. The molecule has 27 heavy (non-hydrogen) atoms. The van der Waals surface area contributed by atoms with Crippen LogP contribution in [-0.2, 0) is 6.42 Å². The van der Waals surface area contributed by atoms with E-state index in [1.807, 2.05) is 43.3 Å². The first kappa shape index (κ1) is 19.8. The van der Waals surface area contributed by atoms with Gasteiger partial charge in [-0.05, 0) is 61.6 Å². The van der Waals surface area contributed by atoms with Gasteiger partial charge in [0, 0.05) is 37.4 Å². The summed E-state index contributed by atoms with van der Waals surface area (Å²) in [6.07, 6.45) is 1.74. The minimum Gasteiger partial charge on any atom is -0.369 e. The molecule has 0 unspecified atom stereocenters. The van der Waals surface area contributed by atoms with Crippen LogP contribution < -0.4 is 4.90 Å². The van der Waals surface area contributed by atoms with Crippen molar-refractivity contribution in [2.75, 3.05) is 44.3 Å². The van der Waals surface area contributed by atoms with Crippen molar-refractivity contribution in [1.82, 2.24) is 4.90 Å². The number of nitrogens with zero attached hydrogens (tertiary/aromatic N) is 2. The summed E-state index contributed by atoms with van der Waals surface area (Å²) in [7, 11) is 0. The van der Waals surface area contributed by atoms with E-state index in [-0.39, 0.29) is 12.5 Å². The number of benzene rings is 2. The van der Waals surface area contributed by atoms with Crippen molar-refractivity contribution in [1.29, 1.82) is 0 Å². The van der Waals surface area contributed by atoms with E-state index in [1.54, 1.807) is 0 Å². The molecule has 2 nitrogen and oxygen atoms in total. The average Bonchev–Trinajstić information content (AvgIpc) is 2.70. The molecular weight excluding hydrogens is 342 g/mol. The molecule has 2 aromatic rings. The van der Waals surface area contributed by atoms with Gasteiger partial charge in [0.05, 0.1) is 6.67 Å². The summed E-state index contributed by atoms with van der Waals surface area (Å²) in [5.74, 6) is -0.154. The van der Waals surface area contributed by atoms with Crippen molar-refractivity contribution in [2.45, 2.75) is 33.1 Å². The Balaban J connectivity index is 1.97. The van der Waals surface area contributed by atoms with Crippen LogP contribution in [0.25, 0.3) is 11.1 Å². The van der Waals surface area contributed by atoms with E-state index < -0.39 is 0 Å². The van der Waals surface area contributed by atoms with Gasteiger partial charge < -0.3 is 9.80 Å². The van der Waals surface area contributed by atoms with E-state index in [0.29, 0.717) is 30.4 Å². The van der Waals surface area contributed by atoms with Gasteiger partial charge in [-0.3, -0.25) is 4.39 Å². The van der Waals surface area contributed by atoms with Crippen LogP contribution >= 0.6 is 0 Å². The Morgan fingerprint density at radius 3 is 2.37 bits per heavy atom. The van der Waals surface area contributed by atoms with E-state index >= 15 is 4.39 Å². The average molecular weight is 373 g/mol. The molecule has 3 rings (SSSR count). The molecule has 0 N–H and O–H groups in total. The van der Waals surface area contributed by atoms with E-state index in [1.165, 1.54) is 0 Å². The number of hydrogen-bond acceptors (Lipinski definition) is 2. The van der Waals surface area contributed by atoms with Crippen LogP contribution in [0.5, 0.6) is 0 Å². The van der Waals surface area contributed by atoms with Gasteiger partial charge in [-0.1, -0.05) is 31.2 Å². The summed E-state index contributed by atoms with van der Waals surface area (Å²) in [5.41, 5.74) is 4.46. The first-order valence-corrected chi connectivity index (χ1v) is 10.1. The van der Waals surface area contributed by atoms with Crippen molar-refractivity contribution in [3.63, 3.8) is 0 Å². The third-order valence-electron chi connectivity index (χ3n) is 5.58. The van der Waals surface area contributed by atoms with Gasteiger partial charge in [-0.2, -0.15) is 0 Å². The van der Waals surface area contributed by atoms with Crippen molar-refractivity contribution >= 4 is 5.69 Å². The smallest absolute Gasteiger partial charge is 0.134 e. The van der Waals surface area contributed by atoms with Crippen molar-refractivity contribution in [3.05, 3.63) is 53.3 Å². The summed E-state index contributed by atoms with van der Waals surface area (Å²) in [6, 6.07) is 11.9. The van der Waals surface area contributed by atoms with Gasteiger partial charge in [0.25, 0.3) is 0 Å². The molecule has 2 aromatic carbocycles. The van der Waals surface area contributed by atoms with E-state index in [9.17, 15) is 4.39 Å². The Kier molecular flexibility index (Phi) is 6.84. The molecule has 4 heteroatoms. The highest BCUT2D eigenvalue weighted by atomic mass is 19.1. The highest BCUT2D eigenvalue weighted by molar-refractivity contribution is 5.73. The fourth-order valence-corrected chi connectivity index (χ4v) is 3.84. The number of hydrogen-bond donors (Lipinski definition) is 0. The largest absolute Gasteiger partial charge is 0.369 e. The molecule has 0 saturated carbocycles. The topological polar surface area (TPSA) is 6.48 Å². The Hall–Kier alpha value is -1.94. The molecule has 0 spiro atoms.